The number of benzene rings is 1. The third-order valence-electron chi connectivity index (χ3n) is 4.20. The van der Waals surface area contributed by atoms with Crippen LogP contribution in [-0.2, 0) is 6.42 Å². The van der Waals surface area contributed by atoms with Gasteiger partial charge in [-0.2, -0.15) is 5.10 Å². The smallest absolute Gasteiger partial charge is 0.270 e. The second-order valence-corrected chi connectivity index (χ2v) is 5.75. The number of aliphatic hydroxyl groups is 1. The van der Waals surface area contributed by atoms with Gasteiger partial charge in [0.05, 0.1) is 12.1 Å². The number of hydrogen-bond acceptors (Lipinski definition) is 4. The number of nitrogens with one attached hydrogen (secondary N) is 1. The van der Waals surface area contributed by atoms with Gasteiger partial charge in [-0.3, -0.25) is 4.79 Å². The zero-order valence-electron chi connectivity index (χ0n) is 12.8. The first-order valence-electron chi connectivity index (χ1n) is 7.76. The molecule has 2 heterocycles. The number of aliphatic hydroxyl groups excluding tert-OH is 1. The van der Waals surface area contributed by atoms with Crippen LogP contribution in [0.4, 0.5) is 0 Å². The van der Waals surface area contributed by atoms with Crippen LogP contribution in [0.5, 0.6) is 0 Å². The summed E-state index contributed by atoms with van der Waals surface area (Å²) in [5, 5.41) is 17.3. The zero-order valence-corrected chi connectivity index (χ0v) is 12.8. The summed E-state index contributed by atoms with van der Waals surface area (Å²) in [5.41, 5.74) is 2.31. The summed E-state index contributed by atoms with van der Waals surface area (Å²) in [6.45, 7) is 0. The molecule has 0 saturated heterocycles. The average molecular weight is 320 g/mol. The van der Waals surface area contributed by atoms with Crippen LogP contribution in [0.3, 0.4) is 0 Å². The first-order valence-corrected chi connectivity index (χ1v) is 7.76. The highest BCUT2D eigenvalue weighted by molar-refractivity contribution is 5.92. The van der Waals surface area contributed by atoms with Gasteiger partial charge in [0.15, 0.2) is 5.82 Å². The van der Waals surface area contributed by atoms with Gasteiger partial charge in [-0.05, 0) is 29.3 Å². The van der Waals surface area contributed by atoms with E-state index >= 15 is 0 Å². The molecule has 2 atom stereocenters. The number of nitrogens with zero attached hydrogens (tertiary/aromatic N) is 3. The standard InChI is InChI=1S/C18H16N4O2/c23-15-11-12-5-1-2-6-13(12)17(15)21-18(24)14-7-3-8-16(20-14)22-10-4-9-19-22/h1-10,15,17,23H,11H2,(H,21,24)/t15-,17-/m0/s1. The molecular weight excluding hydrogens is 304 g/mol. The van der Waals surface area contributed by atoms with Gasteiger partial charge in [0.1, 0.15) is 5.69 Å². The lowest BCUT2D eigenvalue weighted by atomic mass is 10.1. The van der Waals surface area contributed by atoms with Gasteiger partial charge in [0, 0.05) is 18.8 Å². The van der Waals surface area contributed by atoms with E-state index in [0.717, 1.165) is 11.1 Å². The molecule has 0 saturated carbocycles. The molecular formula is C18H16N4O2. The molecule has 1 amide bonds. The van der Waals surface area contributed by atoms with E-state index in [-0.39, 0.29) is 5.91 Å². The Morgan fingerprint density at radius 2 is 2.04 bits per heavy atom. The van der Waals surface area contributed by atoms with Crippen molar-refractivity contribution < 1.29 is 9.90 Å². The minimum Gasteiger partial charge on any atom is -0.390 e. The summed E-state index contributed by atoms with van der Waals surface area (Å²) in [7, 11) is 0. The van der Waals surface area contributed by atoms with E-state index in [1.165, 1.54) is 0 Å². The van der Waals surface area contributed by atoms with Gasteiger partial charge < -0.3 is 10.4 Å². The fourth-order valence-electron chi connectivity index (χ4n) is 3.04. The number of rotatable bonds is 3. The van der Waals surface area contributed by atoms with Crippen molar-refractivity contribution in [3.63, 3.8) is 0 Å². The molecule has 1 aromatic carbocycles. The third-order valence-corrected chi connectivity index (χ3v) is 4.20. The Kier molecular flexibility index (Phi) is 3.59. The molecule has 3 aromatic rings. The fourth-order valence-corrected chi connectivity index (χ4v) is 3.04. The molecule has 0 unspecified atom stereocenters. The largest absolute Gasteiger partial charge is 0.390 e. The summed E-state index contributed by atoms with van der Waals surface area (Å²) in [6.07, 6.45) is 3.34. The molecule has 0 aliphatic heterocycles. The van der Waals surface area contributed by atoms with E-state index < -0.39 is 12.1 Å². The Morgan fingerprint density at radius 1 is 1.17 bits per heavy atom. The van der Waals surface area contributed by atoms with Gasteiger partial charge in [-0.15, -0.1) is 0 Å². The Labute approximate surface area is 138 Å². The predicted octanol–water partition coefficient (Wildman–Crippen LogP) is 1.66. The summed E-state index contributed by atoms with van der Waals surface area (Å²) in [4.78, 5) is 16.9. The van der Waals surface area contributed by atoms with Crippen LogP contribution < -0.4 is 5.32 Å². The van der Waals surface area contributed by atoms with Gasteiger partial charge in [-0.1, -0.05) is 30.3 Å². The number of carbonyl (C=O) groups excluding carboxylic acids is 1. The molecule has 24 heavy (non-hydrogen) atoms. The number of fused-ring (bicyclic) bond motifs is 1. The Bertz CT molecular complexity index is 876. The highest BCUT2D eigenvalue weighted by atomic mass is 16.3. The van der Waals surface area contributed by atoms with Crippen molar-refractivity contribution in [1.29, 1.82) is 0 Å². The van der Waals surface area contributed by atoms with Crippen LogP contribution in [-0.4, -0.2) is 31.9 Å². The lowest BCUT2D eigenvalue weighted by molar-refractivity contribution is 0.0853. The molecule has 2 N–H and O–H groups in total. The van der Waals surface area contributed by atoms with Gasteiger partial charge in [0.25, 0.3) is 5.91 Å². The van der Waals surface area contributed by atoms with Crippen LogP contribution in [0.25, 0.3) is 5.82 Å². The topological polar surface area (TPSA) is 80.0 Å². The minimum atomic E-state index is -0.624. The van der Waals surface area contributed by atoms with Crippen LogP contribution in [0.15, 0.2) is 60.9 Å². The second-order valence-electron chi connectivity index (χ2n) is 5.75. The maximum atomic E-state index is 12.6. The molecule has 4 rings (SSSR count). The molecule has 1 aliphatic carbocycles. The lowest BCUT2D eigenvalue weighted by Gasteiger charge is -2.17. The van der Waals surface area contributed by atoms with E-state index in [2.05, 4.69) is 15.4 Å². The van der Waals surface area contributed by atoms with E-state index in [9.17, 15) is 9.90 Å². The van der Waals surface area contributed by atoms with Crippen LogP contribution >= 0.6 is 0 Å². The van der Waals surface area contributed by atoms with Crippen molar-refractivity contribution in [2.75, 3.05) is 0 Å². The second kappa shape index (κ2) is 5.90. The molecule has 6 heteroatoms. The number of aromatic nitrogens is 3. The first kappa shape index (κ1) is 14.6. The monoisotopic (exact) mass is 320 g/mol. The van der Waals surface area contributed by atoms with Gasteiger partial charge in [-0.25, -0.2) is 9.67 Å². The van der Waals surface area contributed by atoms with Crippen molar-refractivity contribution in [2.24, 2.45) is 0 Å². The molecule has 6 nitrogen and oxygen atoms in total. The predicted molar refractivity (Wildman–Crippen MR) is 87.7 cm³/mol. The molecule has 0 fully saturated rings. The van der Waals surface area contributed by atoms with Crippen LogP contribution in [0.1, 0.15) is 27.7 Å². The third kappa shape index (κ3) is 2.57. The van der Waals surface area contributed by atoms with Crippen LogP contribution in [0.2, 0.25) is 0 Å². The molecule has 120 valence electrons. The molecule has 0 spiro atoms. The van der Waals surface area contributed by atoms with E-state index in [1.807, 2.05) is 24.3 Å². The van der Waals surface area contributed by atoms with E-state index in [4.69, 9.17) is 0 Å². The van der Waals surface area contributed by atoms with Crippen molar-refractivity contribution in [3.8, 4) is 5.82 Å². The maximum Gasteiger partial charge on any atom is 0.270 e. The highest BCUT2D eigenvalue weighted by Gasteiger charge is 2.32. The molecule has 1 aliphatic rings. The minimum absolute atomic E-state index is 0.291. The highest BCUT2D eigenvalue weighted by Crippen LogP contribution is 2.31. The van der Waals surface area contributed by atoms with Gasteiger partial charge >= 0.3 is 0 Å². The van der Waals surface area contributed by atoms with Crippen molar-refractivity contribution in [3.05, 3.63) is 77.7 Å². The summed E-state index contributed by atoms with van der Waals surface area (Å²) >= 11 is 0. The number of amides is 1. The number of carbonyl (C=O) groups is 1. The maximum absolute atomic E-state index is 12.6. The Balaban J connectivity index is 1.58. The summed E-state index contributed by atoms with van der Waals surface area (Å²) in [6, 6.07) is 14.3. The Morgan fingerprint density at radius 3 is 2.88 bits per heavy atom. The van der Waals surface area contributed by atoms with Crippen LogP contribution in [0, 0.1) is 0 Å². The van der Waals surface area contributed by atoms with E-state index in [0.29, 0.717) is 17.9 Å². The summed E-state index contributed by atoms with van der Waals surface area (Å²) < 4.78 is 1.59. The quantitative estimate of drug-likeness (QED) is 0.769. The summed E-state index contributed by atoms with van der Waals surface area (Å²) in [5.74, 6) is 0.254. The zero-order chi connectivity index (χ0) is 16.5. The average Bonchev–Trinajstić information content (AvgIpc) is 3.24. The fraction of sp³-hybridized carbons (Fsp3) is 0.167. The van der Waals surface area contributed by atoms with Crippen molar-refractivity contribution >= 4 is 5.91 Å². The van der Waals surface area contributed by atoms with E-state index in [1.54, 1.807) is 41.3 Å². The molecule has 2 aromatic heterocycles. The normalized spacial score (nSPS) is 19.0. The number of pyridine rings is 1. The molecule has 0 bridgehead atoms. The SMILES string of the molecule is O=C(N[C@H]1c2ccccc2C[C@@H]1O)c1cccc(-n2cccn2)n1. The first-order chi connectivity index (χ1) is 11.7. The van der Waals surface area contributed by atoms with Crippen molar-refractivity contribution in [1.82, 2.24) is 20.1 Å². The lowest BCUT2D eigenvalue weighted by Crippen LogP contribution is -2.34. The Hall–Kier alpha value is -2.99. The number of hydrogen-bond donors (Lipinski definition) is 2. The molecule has 0 radical (unpaired) electrons. The van der Waals surface area contributed by atoms with Crippen molar-refractivity contribution in [2.45, 2.75) is 18.6 Å². The van der Waals surface area contributed by atoms with Gasteiger partial charge in [0.2, 0.25) is 0 Å².